The number of rotatable bonds is 4. The largest absolute Gasteiger partial charge is 0.330 e. The van der Waals surface area contributed by atoms with E-state index < -0.39 is 9.84 Å². The van der Waals surface area contributed by atoms with E-state index >= 15 is 0 Å². The van der Waals surface area contributed by atoms with Crippen LogP contribution in [0.1, 0.15) is 18.4 Å². The number of sulfone groups is 1. The van der Waals surface area contributed by atoms with Gasteiger partial charge in [0.25, 0.3) is 0 Å². The van der Waals surface area contributed by atoms with Gasteiger partial charge in [-0.3, -0.25) is 4.90 Å². The average Bonchev–Trinajstić information content (AvgIpc) is 2.38. The maximum Gasteiger partial charge on any atom is 0.175 e. The molecule has 0 aliphatic carbocycles. The molecule has 1 aromatic carbocycles. The molecule has 2 N–H and O–H groups in total. The van der Waals surface area contributed by atoms with E-state index in [-0.39, 0.29) is 12.4 Å². The van der Waals surface area contributed by atoms with Gasteiger partial charge in [0.05, 0.1) is 4.90 Å². The Morgan fingerprint density at radius 3 is 2.50 bits per heavy atom. The third-order valence-corrected chi connectivity index (χ3v) is 4.82. The first-order chi connectivity index (χ1) is 8.99. The van der Waals surface area contributed by atoms with Crippen LogP contribution in [0.4, 0.5) is 0 Å². The van der Waals surface area contributed by atoms with Gasteiger partial charge in [-0.1, -0.05) is 12.1 Å². The SMILES string of the molecule is CS(=O)(=O)c1ccc(CN2CCCC(CN)C2)cc1.Cl. The van der Waals surface area contributed by atoms with Crippen LogP contribution in [0.25, 0.3) is 0 Å². The van der Waals surface area contributed by atoms with Crippen LogP contribution < -0.4 is 5.73 Å². The maximum absolute atomic E-state index is 11.4. The van der Waals surface area contributed by atoms with Crippen molar-refractivity contribution >= 4 is 22.2 Å². The number of halogens is 1. The van der Waals surface area contributed by atoms with Crippen molar-refractivity contribution in [1.82, 2.24) is 4.90 Å². The molecule has 1 heterocycles. The minimum absolute atomic E-state index is 0. The molecule has 2 rings (SSSR count). The predicted molar refractivity (Wildman–Crippen MR) is 83.9 cm³/mol. The normalized spacial score (nSPS) is 20.4. The highest BCUT2D eigenvalue weighted by Gasteiger charge is 2.18. The zero-order valence-electron chi connectivity index (χ0n) is 11.8. The molecule has 1 unspecified atom stereocenters. The Morgan fingerprint density at radius 1 is 1.30 bits per heavy atom. The monoisotopic (exact) mass is 318 g/mol. The lowest BCUT2D eigenvalue weighted by Crippen LogP contribution is -2.37. The second-order valence-electron chi connectivity index (χ2n) is 5.40. The molecule has 0 bridgehead atoms. The zero-order valence-corrected chi connectivity index (χ0v) is 13.4. The molecule has 1 atom stereocenters. The van der Waals surface area contributed by atoms with E-state index in [4.69, 9.17) is 5.73 Å². The van der Waals surface area contributed by atoms with Gasteiger partial charge in [0.2, 0.25) is 0 Å². The molecule has 6 heteroatoms. The highest BCUT2D eigenvalue weighted by atomic mass is 35.5. The number of likely N-dealkylation sites (tertiary alicyclic amines) is 1. The molecule has 1 saturated heterocycles. The summed E-state index contributed by atoms with van der Waals surface area (Å²) in [6.45, 7) is 3.78. The molecule has 1 aromatic rings. The van der Waals surface area contributed by atoms with Gasteiger partial charge in [0.1, 0.15) is 0 Å². The Morgan fingerprint density at radius 2 is 1.95 bits per heavy atom. The fourth-order valence-electron chi connectivity index (χ4n) is 2.59. The molecule has 20 heavy (non-hydrogen) atoms. The summed E-state index contributed by atoms with van der Waals surface area (Å²) in [6.07, 6.45) is 3.65. The first-order valence-corrected chi connectivity index (χ1v) is 8.59. The number of nitrogens with zero attached hydrogens (tertiary/aromatic N) is 1. The molecule has 114 valence electrons. The summed E-state index contributed by atoms with van der Waals surface area (Å²) in [4.78, 5) is 2.78. The highest BCUT2D eigenvalue weighted by Crippen LogP contribution is 2.18. The molecule has 1 aliphatic rings. The van der Waals surface area contributed by atoms with Crippen molar-refractivity contribution < 1.29 is 8.42 Å². The Kier molecular flexibility index (Phi) is 6.45. The molecule has 4 nitrogen and oxygen atoms in total. The number of nitrogens with two attached hydrogens (primary N) is 1. The Balaban J connectivity index is 0.00000200. The van der Waals surface area contributed by atoms with Crippen molar-refractivity contribution in [3.8, 4) is 0 Å². The van der Waals surface area contributed by atoms with E-state index in [9.17, 15) is 8.42 Å². The molecule has 0 amide bonds. The standard InChI is InChI=1S/C14H22N2O2S.ClH/c1-19(17,18)14-6-4-12(5-7-14)10-16-8-2-3-13(9-15)11-16;/h4-7,13H,2-3,8-11,15H2,1H3;1H. The van der Waals surface area contributed by atoms with Crippen LogP contribution in [-0.4, -0.2) is 39.2 Å². The third kappa shape index (κ3) is 4.74. The Bertz CT molecular complexity index is 516. The van der Waals surface area contributed by atoms with Crippen LogP contribution in [0.15, 0.2) is 29.2 Å². The van der Waals surface area contributed by atoms with Crippen molar-refractivity contribution in [2.75, 3.05) is 25.9 Å². The van der Waals surface area contributed by atoms with Gasteiger partial charge in [-0.2, -0.15) is 0 Å². The topological polar surface area (TPSA) is 63.4 Å². The highest BCUT2D eigenvalue weighted by molar-refractivity contribution is 7.90. The van der Waals surface area contributed by atoms with Gasteiger partial charge in [-0.05, 0) is 49.5 Å². The van der Waals surface area contributed by atoms with Crippen LogP contribution in [0, 0.1) is 5.92 Å². The van der Waals surface area contributed by atoms with Gasteiger partial charge in [0, 0.05) is 19.3 Å². The second kappa shape index (κ2) is 7.41. The van der Waals surface area contributed by atoms with Gasteiger partial charge < -0.3 is 5.73 Å². The number of hydrogen-bond acceptors (Lipinski definition) is 4. The summed E-state index contributed by atoms with van der Waals surface area (Å²) >= 11 is 0. The van der Waals surface area contributed by atoms with Crippen molar-refractivity contribution in [3.05, 3.63) is 29.8 Å². The molecule has 0 saturated carbocycles. The molecule has 0 aromatic heterocycles. The summed E-state index contributed by atoms with van der Waals surface area (Å²) in [6, 6.07) is 7.19. The van der Waals surface area contributed by atoms with Crippen LogP contribution in [0.2, 0.25) is 0 Å². The smallest absolute Gasteiger partial charge is 0.175 e. The molecule has 1 aliphatic heterocycles. The van der Waals surface area contributed by atoms with Crippen LogP contribution >= 0.6 is 12.4 Å². The predicted octanol–water partition coefficient (Wildman–Crippen LogP) is 1.68. The van der Waals surface area contributed by atoms with Crippen molar-refractivity contribution in [2.45, 2.75) is 24.3 Å². The van der Waals surface area contributed by atoms with Crippen molar-refractivity contribution in [2.24, 2.45) is 11.7 Å². The summed E-state index contributed by atoms with van der Waals surface area (Å²) in [5.41, 5.74) is 6.89. The maximum atomic E-state index is 11.4. The fourth-order valence-corrected chi connectivity index (χ4v) is 3.22. The lowest BCUT2D eigenvalue weighted by Gasteiger charge is -2.32. The second-order valence-corrected chi connectivity index (χ2v) is 7.41. The van der Waals surface area contributed by atoms with E-state index in [0.717, 1.165) is 31.7 Å². The van der Waals surface area contributed by atoms with Gasteiger partial charge in [-0.25, -0.2) is 8.42 Å². The summed E-state index contributed by atoms with van der Waals surface area (Å²) in [5, 5.41) is 0. The lowest BCUT2D eigenvalue weighted by atomic mass is 9.98. The third-order valence-electron chi connectivity index (χ3n) is 3.69. The summed E-state index contributed by atoms with van der Waals surface area (Å²) in [5.74, 6) is 0.601. The minimum Gasteiger partial charge on any atom is -0.330 e. The van der Waals surface area contributed by atoms with E-state index in [1.54, 1.807) is 12.1 Å². The number of piperidine rings is 1. The van der Waals surface area contributed by atoms with Crippen LogP contribution in [0.5, 0.6) is 0 Å². The minimum atomic E-state index is -3.10. The molecular weight excluding hydrogens is 296 g/mol. The zero-order chi connectivity index (χ0) is 13.9. The van der Waals surface area contributed by atoms with E-state index in [0.29, 0.717) is 10.8 Å². The number of hydrogen-bond donors (Lipinski definition) is 1. The van der Waals surface area contributed by atoms with Crippen LogP contribution in [-0.2, 0) is 16.4 Å². The van der Waals surface area contributed by atoms with E-state index in [1.807, 2.05) is 12.1 Å². The molecular formula is C14H23ClN2O2S. The van der Waals surface area contributed by atoms with Gasteiger partial charge in [-0.15, -0.1) is 12.4 Å². The van der Waals surface area contributed by atoms with Crippen molar-refractivity contribution in [3.63, 3.8) is 0 Å². The van der Waals surface area contributed by atoms with Crippen molar-refractivity contribution in [1.29, 1.82) is 0 Å². The fraction of sp³-hybridized carbons (Fsp3) is 0.571. The quantitative estimate of drug-likeness (QED) is 0.917. The molecule has 1 fully saturated rings. The van der Waals surface area contributed by atoms with Crippen LogP contribution in [0.3, 0.4) is 0 Å². The molecule has 0 spiro atoms. The Hall–Kier alpha value is -0.620. The first-order valence-electron chi connectivity index (χ1n) is 6.70. The molecule has 0 radical (unpaired) electrons. The Labute approximate surface area is 127 Å². The first kappa shape index (κ1) is 17.4. The summed E-state index contributed by atoms with van der Waals surface area (Å²) in [7, 11) is -3.10. The van der Waals surface area contributed by atoms with E-state index in [2.05, 4.69) is 4.90 Å². The summed E-state index contributed by atoms with van der Waals surface area (Å²) < 4.78 is 22.8. The average molecular weight is 319 g/mol. The van der Waals surface area contributed by atoms with Gasteiger partial charge >= 0.3 is 0 Å². The van der Waals surface area contributed by atoms with Gasteiger partial charge in [0.15, 0.2) is 9.84 Å². The van der Waals surface area contributed by atoms with E-state index in [1.165, 1.54) is 19.1 Å². The lowest BCUT2D eigenvalue weighted by molar-refractivity contribution is 0.171. The number of benzene rings is 1.